The van der Waals surface area contributed by atoms with Crippen molar-refractivity contribution in [1.82, 2.24) is 25.0 Å². The molecule has 3 aromatic rings. The van der Waals surface area contributed by atoms with Crippen LogP contribution in [-0.4, -0.2) is 44.0 Å². The van der Waals surface area contributed by atoms with Crippen LogP contribution in [0, 0.1) is 11.6 Å². The Kier molecular flexibility index (Phi) is 4.19. The van der Waals surface area contributed by atoms with Gasteiger partial charge in [0.1, 0.15) is 0 Å². The van der Waals surface area contributed by atoms with E-state index >= 15 is 0 Å². The Morgan fingerprint density at radius 1 is 1.31 bits per heavy atom. The molecule has 0 spiro atoms. The number of aromatic nitrogens is 4. The molecule has 134 valence electrons. The number of hydrogen-bond acceptors (Lipinski definition) is 5. The zero-order valence-electron chi connectivity index (χ0n) is 13.7. The Morgan fingerprint density at radius 3 is 2.96 bits per heavy atom. The number of piperidine rings is 1. The van der Waals surface area contributed by atoms with Gasteiger partial charge in [-0.25, -0.2) is 13.8 Å². The Hall–Kier alpha value is -3.10. The minimum Gasteiger partial charge on any atom is -0.342 e. The minimum absolute atomic E-state index is 0.116. The van der Waals surface area contributed by atoms with Crippen LogP contribution in [0.15, 0.2) is 35.1 Å². The number of aromatic amines is 1. The maximum atomic E-state index is 13.4. The standard InChI is InChI=1S/C17H15F2N5O2/c18-12-4-3-10(8-13(12)19)17(25)24-7-1-2-11(9-24)16-22-15(23-26-16)14-20-5-6-21-14/h3-6,8,11H,1-2,7,9H2,(H,20,21)/t11-/m0/s1. The summed E-state index contributed by atoms with van der Waals surface area (Å²) in [5.74, 6) is -1.19. The number of halogens is 2. The third kappa shape index (κ3) is 3.07. The van der Waals surface area contributed by atoms with Gasteiger partial charge in [0.25, 0.3) is 5.91 Å². The van der Waals surface area contributed by atoms with Gasteiger partial charge < -0.3 is 14.4 Å². The maximum absolute atomic E-state index is 13.4. The number of nitrogens with zero attached hydrogens (tertiary/aromatic N) is 4. The van der Waals surface area contributed by atoms with Gasteiger partial charge in [0.05, 0.1) is 5.92 Å². The van der Waals surface area contributed by atoms with Gasteiger partial charge in [-0.1, -0.05) is 5.16 Å². The summed E-state index contributed by atoms with van der Waals surface area (Å²) in [4.78, 5) is 25.5. The van der Waals surface area contributed by atoms with Gasteiger partial charge in [0.15, 0.2) is 17.5 Å². The number of imidazole rings is 1. The molecule has 2 aromatic heterocycles. The number of nitrogens with one attached hydrogen (secondary N) is 1. The molecule has 0 aliphatic carbocycles. The molecule has 0 saturated carbocycles. The molecule has 1 fully saturated rings. The fourth-order valence-electron chi connectivity index (χ4n) is 3.06. The molecule has 1 saturated heterocycles. The molecule has 9 heteroatoms. The number of amides is 1. The van der Waals surface area contributed by atoms with Crippen molar-refractivity contribution in [3.05, 3.63) is 53.7 Å². The Bertz CT molecular complexity index is 925. The van der Waals surface area contributed by atoms with E-state index in [0.29, 0.717) is 30.6 Å². The number of benzene rings is 1. The molecule has 0 bridgehead atoms. The second kappa shape index (κ2) is 6.66. The lowest BCUT2D eigenvalue weighted by Gasteiger charge is -2.31. The Labute approximate surface area is 147 Å². The van der Waals surface area contributed by atoms with E-state index in [1.165, 1.54) is 6.07 Å². The van der Waals surface area contributed by atoms with Crippen molar-refractivity contribution in [2.45, 2.75) is 18.8 Å². The van der Waals surface area contributed by atoms with Crippen LogP contribution >= 0.6 is 0 Å². The summed E-state index contributed by atoms with van der Waals surface area (Å²) < 4.78 is 31.8. The summed E-state index contributed by atoms with van der Waals surface area (Å²) >= 11 is 0. The van der Waals surface area contributed by atoms with Crippen molar-refractivity contribution in [3.63, 3.8) is 0 Å². The molecule has 7 nitrogen and oxygen atoms in total. The van der Waals surface area contributed by atoms with Gasteiger partial charge in [-0.05, 0) is 31.0 Å². The first-order valence-electron chi connectivity index (χ1n) is 8.19. The van der Waals surface area contributed by atoms with E-state index in [1.54, 1.807) is 17.3 Å². The molecule has 0 radical (unpaired) electrons. The first-order valence-corrected chi connectivity index (χ1v) is 8.19. The highest BCUT2D eigenvalue weighted by atomic mass is 19.2. The summed E-state index contributed by atoms with van der Waals surface area (Å²) in [6.45, 7) is 0.908. The van der Waals surface area contributed by atoms with Crippen LogP contribution in [0.5, 0.6) is 0 Å². The van der Waals surface area contributed by atoms with Crippen molar-refractivity contribution >= 4 is 5.91 Å². The number of carbonyl (C=O) groups is 1. The topological polar surface area (TPSA) is 87.9 Å². The first-order chi connectivity index (χ1) is 12.6. The second-order valence-corrected chi connectivity index (χ2v) is 6.11. The molecule has 0 unspecified atom stereocenters. The highest BCUT2D eigenvalue weighted by Gasteiger charge is 2.29. The predicted octanol–water partition coefficient (Wildman–Crippen LogP) is 2.76. The van der Waals surface area contributed by atoms with Gasteiger partial charge in [0, 0.05) is 31.0 Å². The predicted molar refractivity (Wildman–Crippen MR) is 86.1 cm³/mol. The SMILES string of the molecule is O=C(c1ccc(F)c(F)c1)N1CCC[C@H](c2nc(-c3ncc[nH]3)no2)C1. The zero-order valence-corrected chi connectivity index (χ0v) is 13.7. The zero-order chi connectivity index (χ0) is 18.1. The average Bonchev–Trinajstić information content (AvgIpc) is 3.35. The molecule has 1 amide bonds. The lowest BCUT2D eigenvalue weighted by Crippen LogP contribution is -2.39. The van der Waals surface area contributed by atoms with E-state index in [2.05, 4.69) is 20.1 Å². The second-order valence-electron chi connectivity index (χ2n) is 6.11. The number of carbonyl (C=O) groups excluding carboxylic acids is 1. The quantitative estimate of drug-likeness (QED) is 0.777. The van der Waals surface area contributed by atoms with Crippen LogP contribution in [0.4, 0.5) is 8.78 Å². The van der Waals surface area contributed by atoms with Crippen molar-refractivity contribution in [3.8, 4) is 11.6 Å². The molecule has 1 aromatic carbocycles. The van der Waals surface area contributed by atoms with Gasteiger partial charge >= 0.3 is 0 Å². The molecular weight excluding hydrogens is 344 g/mol. The van der Waals surface area contributed by atoms with Gasteiger partial charge in [0.2, 0.25) is 11.7 Å². The highest BCUT2D eigenvalue weighted by Crippen LogP contribution is 2.28. The molecule has 3 heterocycles. The third-order valence-corrected chi connectivity index (χ3v) is 4.38. The van der Waals surface area contributed by atoms with Crippen molar-refractivity contribution in [2.24, 2.45) is 0 Å². The van der Waals surface area contributed by atoms with Crippen LogP contribution in [0.3, 0.4) is 0 Å². The number of likely N-dealkylation sites (tertiary alicyclic amines) is 1. The monoisotopic (exact) mass is 359 g/mol. The molecule has 1 N–H and O–H groups in total. The van der Waals surface area contributed by atoms with Crippen LogP contribution in [0.25, 0.3) is 11.6 Å². The van der Waals surface area contributed by atoms with Crippen LogP contribution in [-0.2, 0) is 0 Å². The minimum atomic E-state index is -1.04. The van der Waals surface area contributed by atoms with E-state index in [0.717, 1.165) is 25.0 Å². The average molecular weight is 359 g/mol. The number of rotatable bonds is 3. The highest BCUT2D eigenvalue weighted by molar-refractivity contribution is 5.94. The summed E-state index contributed by atoms with van der Waals surface area (Å²) in [7, 11) is 0. The van der Waals surface area contributed by atoms with Crippen LogP contribution < -0.4 is 0 Å². The molecular formula is C17H15F2N5O2. The summed E-state index contributed by atoms with van der Waals surface area (Å²) in [6.07, 6.45) is 4.79. The van der Waals surface area contributed by atoms with E-state index in [1.807, 2.05) is 0 Å². The fraction of sp³-hybridized carbons (Fsp3) is 0.294. The third-order valence-electron chi connectivity index (χ3n) is 4.38. The van der Waals surface area contributed by atoms with Gasteiger partial charge in [-0.3, -0.25) is 4.79 Å². The van der Waals surface area contributed by atoms with Crippen LogP contribution in [0.1, 0.15) is 35.0 Å². The molecule has 4 rings (SSSR count). The molecule has 1 aliphatic heterocycles. The van der Waals surface area contributed by atoms with Gasteiger partial charge in [-0.15, -0.1) is 0 Å². The van der Waals surface area contributed by atoms with E-state index in [4.69, 9.17) is 4.52 Å². The lowest BCUT2D eigenvalue weighted by atomic mass is 9.97. The number of H-pyrrole nitrogens is 1. The largest absolute Gasteiger partial charge is 0.342 e. The van der Waals surface area contributed by atoms with Gasteiger partial charge in [-0.2, -0.15) is 4.98 Å². The summed E-state index contributed by atoms with van der Waals surface area (Å²) in [5.41, 5.74) is 0.117. The van der Waals surface area contributed by atoms with E-state index in [9.17, 15) is 13.6 Å². The molecule has 1 aliphatic rings. The van der Waals surface area contributed by atoms with Crippen molar-refractivity contribution in [1.29, 1.82) is 0 Å². The number of hydrogen-bond donors (Lipinski definition) is 1. The van der Waals surface area contributed by atoms with E-state index in [-0.39, 0.29) is 17.4 Å². The smallest absolute Gasteiger partial charge is 0.253 e. The first kappa shape index (κ1) is 16.4. The summed E-state index contributed by atoms with van der Waals surface area (Å²) in [6, 6.07) is 3.16. The van der Waals surface area contributed by atoms with E-state index < -0.39 is 11.6 Å². The van der Waals surface area contributed by atoms with Crippen LogP contribution in [0.2, 0.25) is 0 Å². The molecule has 1 atom stereocenters. The fourth-order valence-corrected chi connectivity index (χ4v) is 3.06. The van der Waals surface area contributed by atoms with Crippen molar-refractivity contribution < 1.29 is 18.1 Å². The van der Waals surface area contributed by atoms with Crippen molar-refractivity contribution in [2.75, 3.05) is 13.1 Å². The Morgan fingerprint density at radius 2 is 2.19 bits per heavy atom. The summed E-state index contributed by atoms with van der Waals surface area (Å²) in [5, 5.41) is 3.91. The lowest BCUT2D eigenvalue weighted by molar-refractivity contribution is 0.0695. The molecule has 26 heavy (non-hydrogen) atoms. The maximum Gasteiger partial charge on any atom is 0.253 e. The Balaban J connectivity index is 1.50. The normalized spacial score (nSPS) is 17.5.